The Hall–Kier alpha value is -7.20. The standard InChI is InChI=1S/C75H77N4O.Pt/c1-12-14-15-17-28-52-37-40-68-71(62(52)25-13-2)65-39-38-61(49-69(65)79(68)70-47-56(41-42-76-70)73(3,4)5)80-60-32-23-31-59(48-60)77-50-78(67-36-21-20-35-66(67)77)72-63(54-30-22-29-53(43-54)51-26-18-16-19-27-51)33-24-34-64(72)55-44-57(74(6,7)8)46-58(45-55)75(9,10)11;/h16,18-24,26-27,29-47,50H,12-15,17,25,28H2,1-11H3;/q-3;/i16D,18D,19D,26D,27D,44D,45D,46D;. The number of hydrogen-bond donors (Lipinski definition) is 0. The minimum Gasteiger partial charge on any atom is -0.509 e. The van der Waals surface area contributed by atoms with E-state index in [4.69, 9.17) is 16.6 Å². The molecule has 2 aromatic heterocycles. The number of aromatic nitrogens is 2. The van der Waals surface area contributed by atoms with Crippen LogP contribution in [0.4, 0.5) is 22.7 Å². The molecule has 6 heteroatoms. The van der Waals surface area contributed by atoms with Crippen molar-refractivity contribution in [1.29, 1.82) is 0 Å². The summed E-state index contributed by atoms with van der Waals surface area (Å²) in [7, 11) is 0. The van der Waals surface area contributed by atoms with Crippen LogP contribution in [0.1, 0.15) is 147 Å². The largest absolute Gasteiger partial charge is 0.509 e. The molecule has 11 rings (SSSR count). The first-order valence-electron chi connectivity index (χ1n) is 32.5. The molecule has 0 aliphatic carbocycles. The van der Waals surface area contributed by atoms with E-state index in [0.29, 0.717) is 61.8 Å². The number of nitrogens with zero attached hydrogens (tertiary/aromatic N) is 4. The van der Waals surface area contributed by atoms with Gasteiger partial charge in [0.1, 0.15) is 5.82 Å². The predicted molar refractivity (Wildman–Crippen MR) is 338 cm³/mol. The minimum absolute atomic E-state index is 0. The van der Waals surface area contributed by atoms with Crippen LogP contribution < -0.4 is 14.5 Å². The summed E-state index contributed by atoms with van der Waals surface area (Å²) in [5.74, 6) is 1.81. The van der Waals surface area contributed by atoms with Crippen molar-refractivity contribution in [2.75, 3.05) is 9.80 Å². The molecule has 0 bridgehead atoms. The van der Waals surface area contributed by atoms with E-state index in [1.54, 1.807) is 6.07 Å². The van der Waals surface area contributed by atoms with Gasteiger partial charge in [-0.3, -0.25) is 0 Å². The number of benzene rings is 8. The van der Waals surface area contributed by atoms with Gasteiger partial charge in [0.05, 0.1) is 11.0 Å². The van der Waals surface area contributed by atoms with Crippen LogP contribution >= 0.6 is 0 Å². The number of pyridine rings is 1. The first-order valence-corrected chi connectivity index (χ1v) is 28.5. The van der Waals surface area contributed by atoms with Gasteiger partial charge in [-0.15, -0.1) is 48.1 Å². The van der Waals surface area contributed by atoms with E-state index < -0.39 is 29.0 Å². The molecule has 0 saturated carbocycles. The molecule has 0 radical (unpaired) electrons. The van der Waals surface area contributed by atoms with Crippen LogP contribution in [0.15, 0.2) is 176 Å². The minimum atomic E-state index is -0.634. The molecule has 0 fully saturated rings. The summed E-state index contributed by atoms with van der Waals surface area (Å²) >= 11 is 0. The number of ether oxygens (including phenoxy) is 1. The molecule has 5 nitrogen and oxygen atoms in total. The topological polar surface area (TPSA) is 33.5 Å². The van der Waals surface area contributed by atoms with Gasteiger partial charge in [0.15, 0.2) is 0 Å². The molecule has 0 saturated heterocycles. The van der Waals surface area contributed by atoms with Gasteiger partial charge in [-0.25, -0.2) is 4.98 Å². The number of aryl methyl sites for hydroxylation is 2. The number of anilines is 4. The first-order chi connectivity index (χ1) is 41.8. The molecule has 81 heavy (non-hydrogen) atoms. The summed E-state index contributed by atoms with van der Waals surface area (Å²) in [4.78, 5) is 9.15. The SMILES string of the molecule is [2H]c1c([2H])c([2H])c(-c2cccc(-c3cccc(-c4c([2H])c(C(C)(C)C)c([2H])c(C(C)(C)C)c4[2H])c3N3[CH-]N(c4[c-]c(Oc5[c-]c6c(cc5)c5c(CCC)c(CCCCCC)ccc5n6-c5cc(C(C)(C)C)ccn5)ccc4)c4ccccc43)c2)c([2H])c1[2H].[Pt]. The van der Waals surface area contributed by atoms with E-state index in [2.05, 4.69) is 91.5 Å². The average Bonchev–Trinajstić information content (AvgIpc) is 1.71. The molecule has 8 aromatic carbocycles. The number of hydrogen-bond acceptors (Lipinski definition) is 4. The van der Waals surface area contributed by atoms with Crippen LogP contribution in [0.2, 0.25) is 0 Å². The molecule has 0 amide bonds. The van der Waals surface area contributed by atoms with Crippen molar-refractivity contribution in [2.24, 2.45) is 0 Å². The van der Waals surface area contributed by atoms with Crippen molar-refractivity contribution in [1.82, 2.24) is 9.55 Å². The monoisotopic (exact) mass is 1250 g/mol. The molecule has 1 aliphatic rings. The van der Waals surface area contributed by atoms with Crippen molar-refractivity contribution < 1.29 is 36.8 Å². The number of unbranched alkanes of at least 4 members (excludes halogenated alkanes) is 3. The smallest absolute Gasteiger partial charge is 0.135 e. The van der Waals surface area contributed by atoms with E-state index in [1.807, 2.05) is 139 Å². The van der Waals surface area contributed by atoms with E-state index in [0.717, 1.165) is 59.3 Å². The Kier molecular flexibility index (Phi) is 13.7. The Balaban J connectivity index is 0.00000873. The van der Waals surface area contributed by atoms with E-state index in [1.165, 1.54) is 41.3 Å². The second kappa shape index (κ2) is 23.3. The normalized spacial score (nSPS) is 14.2. The summed E-state index contributed by atoms with van der Waals surface area (Å²) in [6.45, 7) is 25.2. The summed E-state index contributed by atoms with van der Waals surface area (Å²) in [5.41, 5.74) is 11.4. The Morgan fingerprint density at radius 2 is 1.23 bits per heavy atom. The third-order valence-electron chi connectivity index (χ3n) is 15.3. The fraction of sp³-hybridized carbons (Fsp3) is 0.280. The molecule has 416 valence electrons. The molecule has 3 heterocycles. The van der Waals surface area contributed by atoms with Crippen molar-refractivity contribution in [3.05, 3.63) is 222 Å². The zero-order chi connectivity index (χ0) is 62.9. The molecule has 0 spiro atoms. The Morgan fingerprint density at radius 1 is 0.568 bits per heavy atom. The fourth-order valence-corrected chi connectivity index (χ4v) is 11.0. The molecule has 0 unspecified atom stereocenters. The zero-order valence-corrected chi connectivity index (χ0v) is 50.9. The van der Waals surface area contributed by atoms with Crippen molar-refractivity contribution in [3.8, 4) is 50.7 Å². The first kappa shape index (κ1) is 47.4. The zero-order valence-electron chi connectivity index (χ0n) is 56.7. The van der Waals surface area contributed by atoms with Gasteiger partial charge in [-0.2, -0.15) is 12.1 Å². The second-order valence-corrected chi connectivity index (χ2v) is 24.4. The molecular formula is C75H77N4OPt-3. The second-order valence-electron chi connectivity index (χ2n) is 24.4. The van der Waals surface area contributed by atoms with Crippen LogP contribution in [-0.4, -0.2) is 9.55 Å². The van der Waals surface area contributed by atoms with E-state index in [-0.39, 0.29) is 62.3 Å². The van der Waals surface area contributed by atoms with Crippen LogP contribution in [0, 0.1) is 18.8 Å². The Morgan fingerprint density at radius 3 is 1.94 bits per heavy atom. The molecule has 1 aliphatic heterocycles. The maximum atomic E-state index is 10.1. The van der Waals surface area contributed by atoms with Crippen LogP contribution in [0.3, 0.4) is 0 Å². The Bertz CT molecular complexity index is 4290. The van der Waals surface area contributed by atoms with Crippen LogP contribution in [0.5, 0.6) is 11.5 Å². The predicted octanol–water partition coefficient (Wildman–Crippen LogP) is 20.9. The van der Waals surface area contributed by atoms with Crippen molar-refractivity contribution in [3.63, 3.8) is 0 Å². The third-order valence-corrected chi connectivity index (χ3v) is 15.3. The number of fused-ring (bicyclic) bond motifs is 4. The van der Waals surface area contributed by atoms with Gasteiger partial charge in [-0.05, 0) is 127 Å². The Labute approximate surface area is 508 Å². The molecular weight excluding hydrogens is 1170 g/mol. The number of rotatable bonds is 15. The average molecular weight is 1250 g/mol. The fourth-order valence-electron chi connectivity index (χ4n) is 11.0. The van der Waals surface area contributed by atoms with E-state index in [9.17, 15) is 4.11 Å². The van der Waals surface area contributed by atoms with Gasteiger partial charge in [0.25, 0.3) is 0 Å². The van der Waals surface area contributed by atoms with Gasteiger partial charge in [-0.1, -0.05) is 210 Å². The maximum Gasteiger partial charge on any atom is 0.135 e. The third kappa shape index (κ3) is 11.7. The molecule has 0 N–H and O–H groups in total. The maximum absolute atomic E-state index is 10.1. The quantitative estimate of drug-likeness (QED) is 0.0757. The van der Waals surface area contributed by atoms with Crippen LogP contribution in [0.25, 0.3) is 61.0 Å². The van der Waals surface area contributed by atoms with Gasteiger partial charge >= 0.3 is 0 Å². The number of para-hydroxylation sites is 3. The summed E-state index contributed by atoms with van der Waals surface area (Å²) in [5, 5.41) is 2.33. The van der Waals surface area contributed by atoms with Crippen molar-refractivity contribution >= 4 is 44.6 Å². The van der Waals surface area contributed by atoms with E-state index >= 15 is 0 Å². The molecule has 0 atom stereocenters. The molecule has 10 aromatic rings. The summed E-state index contributed by atoms with van der Waals surface area (Å²) < 4.78 is 82.2. The van der Waals surface area contributed by atoms with Gasteiger partial charge < -0.3 is 19.1 Å². The van der Waals surface area contributed by atoms with Crippen LogP contribution in [-0.2, 0) is 50.2 Å². The van der Waals surface area contributed by atoms with Gasteiger partial charge in [0, 0.05) is 72.5 Å². The summed E-state index contributed by atoms with van der Waals surface area (Å²) in [6.07, 6.45) is 9.71. The van der Waals surface area contributed by atoms with Gasteiger partial charge in [0.2, 0.25) is 0 Å². The summed E-state index contributed by atoms with van der Waals surface area (Å²) in [6, 6.07) is 45.9. The van der Waals surface area contributed by atoms with Crippen molar-refractivity contribution in [2.45, 2.75) is 137 Å².